The van der Waals surface area contributed by atoms with Crippen LogP contribution in [0, 0.1) is 13.8 Å². The minimum atomic E-state index is 0.206. The molecule has 0 unspecified atom stereocenters. The van der Waals surface area contributed by atoms with Crippen LogP contribution in [0.4, 0.5) is 5.69 Å². The van der Waals surface area contributed by atoms with Crippen LogP contribution in [0.3, 0.4) is 0 Å². The Kier molecular flexibility index (Phi) is 5.70. The van der Waals surface area contributed by atoms with Gasteiger partial charge in [-0.2, -0.15) is 0 Å². The number of hydrogen-bond donors (Lipinski definition) is 0. The third kappa shape index (κ3) is 4.28. The minimum Gasteiger partial charge on any atom is -0.454 e. The van der Waals surface area contributed by atoms with Crippen molar-refractivity contribution in [3.8, 4) is 11.5 Å². The molecule has 0 saturated carbocycles. The third-order valence-corrected chi connectivity index (χ3v) is 6.87. The number of carbonyl (C=O) groups is 1. The van der Waals surface area contributed by atoms with Gasteiger partial charge in [-0.25, -0.2) is 4.99 Å². The van der Waals surface area contributed by atoms with Crippen molar-refractivity contribution >= 4 is 28.8 Å². The first-order chi connectivity index (χ1) is 15.6. The molecule has 5 nitrogen and oxygen atoms in total. The van der Waals surface area contributed by atoms with E-state index in [4.69, 9.17) is 9.73 Å². The number of benzene rings is 2. The fourth-order valence-corrected chi connectivity index (χ4v) is 4.99. The number of fused-ring (bicyclic) bond motifs is 2. The maximum absolute atomic E-state index is 12.9. The second-order valence-electron chi connectivity index (χ2n) is 8.49. The van der Waals surface area contributed by atoms with Crippen LogP contribution in [0.15, 0.2) is 58.9 Å². The van der Waals surface area contributed by atoms with Crippen LogP contribution in [0.2, 0.25) is 0 Å². The summed E-state index contributed by atoms with van der Waals surface area (Å²) in [4.78, 5) is 23.4. The zero-order valence-electron chi connectivity index (χ0n) is 18.5. The van der Waals surface area contributed by atoms with Gasteiger partial charge in [0.05, 0.1) is 12.0 Å². The lowest BCUT2D eigenvalue weighted by Gasteiger charge is -2.25. The normalized spacial score (nSPS) is 15.8. The molecule has 0 spiro atoms. The minimum absolute atomic E-state index is 0.206. The molecule has 2 aromatic carbocycles. The van der Waals surface area contributed by atoms with Crippen LogP contribution in [0.25, 0.3) is 0 Å². The Morgan fingerprint density at radius 3 is 2.69 bits per heavy atom. The lowest BCUT2D eigenvalue weighted by atomic mass is 10.1. The number of hydrogen-bond acceptors (Lipinski definition) is 5. The summed E-state index contributed by atoms with van der Waals surface area (Å²) >= 11 is 1.64. The summed E-state index contributed by atoms with van der Waals surface area (Å²) in [6.45, 7) is 7.24. The summed E-state index contributed by atoms with van der Waals surface area (Å²) in [5.41, 5.74) is 4.17. The number of thiophene rings is 1. The molecule has 3 heterocycles. The fraction of sp³-hybridized carbons (Fsp3) is 0.308. The van der Waals surface area contributed by atoms with Crippen molar-refractivity contribution in [1.82, 2.24) is 9.80 Å². The Hall–Kier alpha value is -3.12. The zero-order chi connectivity index (χ0) is 22.1. The molecule has 2 aliphatic rings. The predicted octanol–water partition coefficient (Wildman–Crippen LogP) is 5.33. The Bertz CT molecular complexity index is 1170. The van der Waals surface area contributed by atoms with E-state index in [-0.39, 0.29) is 5.91 Å². The fourth-order valence-electron chi connectivity index (χ4n) is 4.29. The number of amidine groups is 1. The molecule has 3 aromatic rings. The summed E-state index contributed by atoms with van der Waals surface area (Å²) in [6.07, 6.45) is 1.40. The first-order valence-corrected chi connectivity index (χ1v) is 12.0. The highest BCUT2D eigenvalue weighted by Gasteiger charge is 2.26. The molecule has 1 fully saturated rings. The number of carbonyl (C=O) groups excluding carboxylic acids is 1. The summed E-state index contributed by atoms with van der Waals surface area (Å²) in [5.74, 6) is 2.75. The number of amides is 1. The van der Waals surface area contributed by atoms with Gasteiger partial charge >= 0.3 is 0 Å². The van der Waals surface area contributed by atoms with E-state index >= 15 is 0 Å². The van der Waals surface area contributed by atoms with E-state index in [2.05, 4.69) is 36.9 Å². The molecule has 1 amide bonds. The zero-order valence-corrected chi connectivity index (χ0v) is 19.3. The molecule has 32 heavy (non-hydrogen) atoms. The van der Waals surface area contributed by atoms with Crippen molar-refractivity contribution in [2.24, 2.45) is 4.99 Å². The van der Waals surface area contributed by atoms with Crippen molar-refractivity contribution in [2.75, 3.05) is 26.2 Å². The lowest BCUT2D eigenvalue weighted by molar-refractivity contribution is -0.130. The van der Waals surface area contributed by atoms with E-state index in [1.165, 1.54) is 5.56 Å². The average Bonchev–Trinajstić information content (AvgIpc) is 3.08. The number of nitrogens with zero attached hydrogens (tertiary/aromatic N) is 3. The standard InChI is InChI=1S/C26H27N3O2S/c1-18-7-9-23-21(15-18)26(27-22-8-6-19(2)16-24(22)31-23)29-11-4-10-28(12-13-29)25(30)17-20-5-3-14-32-20/h3,5-9,14-16H,4,10-13,17H2,1-2H3. The van der Waals surface area contributed by atoms with Crippen LogP contribution < -0.4 is 4.74 Å². The van der Waals surface area contributed by atoms with Gasteiger partial charge in [-0.05, 0) is 61.5 Å². The van der Waals surface area contributed by atoms with Gasteiger partial charge in [0.1, 0.15) is 17.3 Å². The van der Waals surface area contributed by atoms with Crippen LogP contribution in [0.1, 0.15) is 28.0 Å². The molecule has 164 valence electrons. The van der Waals surface area contributed by atoms with Crippen LogP contribution in [0.5, 0.6) is 11.5 Å². The maximum Gasteiger partial charge on any atom is 0.227 e. The molecular weight excluding hydrogens is 418 g/mol. The van der Waals surface area contributed by atoms with Gasteiger partial charge in [-0.1, -0.05) is 23.8 Å². The van der Waals surface area contributed by atoms with E-state index in [1.807, 2.05) is 40.6 Å². The van der Waals surface area contributed by atoms with Gasteiger partial charge in [0.25, 0.3) is 0 Å². The van der Waals surface area contributed by atoms with Crippen molar-refractivity contribution in [1.29, 1.82) is 0 Å². The Balaban J connectivity index is 1.43. The second-order valence-corrected chi connectivity index (χ2v) is 9.52. The van der Waals surface area contributed by atoms with E-state index < -0.39 is 0 Å². The molecule has 5 rings (SSSR count). The lowest BCUT2D eigenvalue weighted by Crippen LogP contribution is -2.38. The predicted molar refractivity (Wildman–Crippen MR) is 129 cm³/mol. The van der Waals surface area contributed by atoms with E-state index in [0.29, 0.717) is 13.0 Å². The molecule has 0 aliphatic carbocycles. The first-order valence-electron chi connectivity index (χ1n) is 11.1. The third-order valence-electron chi connectivity index (χ3n) is 5.99. The SMILES string of the molecule is Cc1ccc2c(c1)Oc1ccc(C)cc1C(N1CCCN(C(=O)Cc3cccs3)CC1)=N2. The van der Waals surface area contributed by atoms with Crippen molar-refractivity contribution in [3.05, 3.63) is 75.5 Å². The smallest absolute Gasteiger partial charge is 0.227 e. The molecule has 6 heteroatoms. The van der Waals surface area contributed by atoms with E-state index in [9.17, 15) is 4.79 Å². The Morgan fingerprint density at radius 2 is 1.84 bits per heavy atom. The first kappa shape index (κ1) is 20.8. The molecule has 1 saturated heterocycles. The van der Waals surface area contributed by atoms with Gasteiger partial charge < -0.3 is 14.5 Å². The molecular formula is C26H27N3O2S. The largest absolute Gasteiger partial charge is 0.454 e. The summed E-state index contributed by atoms with van der Waals surface area (Å²) < 4.78 is 6.30. The Morgan fingerprint density at radius 1 is 1.00 bits per heavy atom. The quantitative estimate of drug-likeness (QED) is 0.536. The van der Waals surface area contributed by atoms with E-state index in [1.54, 1.807) is 11.3 Å². The van der Waals surface area contributed by atoms with Crippen LogP contribution in [-0.4, -0.2) is 47.7 Å². The highest BCUT2D eigenvalue weighted by atomic mass is 32.1. The number of ether oxygens (including phenoxy) is 1. The number of aliphatic imine (C=N–C) groups is 1. The van der Waals surface area contributed by atoms with Gasteiger partial charge in [0, 0.05) is 31.1 Å². The summed E-state index contributed by atoms with van der Waals surface area (Å²) in [5, 5.41) is 2.03. The van der Waals surface area contributed by atoms with Crippen LogP contribution in [-0.2, 0) is 11.2 Å². The second kappa shape index (κ2) is 8.79. The van der Waals surface area contributed by atoms with Gasteiger partial charge in [0.15, 0.2) is 5.75 Å². The molecule has 0 atom stereocenters. The van der Waals surface area contributed by atoms with Crippen molar-refractivity contribution < 1.29 is 9.53 Å². The summed E-state index contributed by atoms with van der Waals surface area (Å²) in [6, 6.07) is 16.4. The molecule has 0 radical (unpaired) electrons. The molecule has 1 aromatic heterocycles. The molecule has 2 aliphatic heterocycles. The van der Waals surface area contributed by atoms with Gasteiger partial charge in [-0.3, -0.25) is 4.79 Å². The Labute approximate surface area is 193 Å². The highest BCUT2D eigenvalue weighted by molar-refractivity contribution is 7.10. The van der Waals surface area contributed by atoms with Gasteiger partial charge in [0.2, 0.25) is 5.91 Å². The number of rotatable bonds is 2. The van der Waals surface area contributed by atoms with Gasteiger partial charge in [-0.15, -0.1) is 11.3 Å². The van der Waals surface area contributed by atoms with E-state index in [0.717, 1.165) is 65.1 Å². The topological polar surface area (TPSA) is 45.1 Å². The van der Waals surface area contributed by atoms with Crippen molar-refractivity contribution in [2.45, 2.75) is 26.7 Å². The molecule has 0 bridgehead atoms. The summed E-state index contributed by atoms with van der Waals surface area (Å²) in [7, 11) is 0. The number of aryl methyl sites for hydroxylation is 2. The average molecular weight is 446 g/mol. The molecule has 0 N–H and O–H groups in total. The van der Waals surface area contributed by atoms with Crippen molar-refractivity contribution in [3.63, 3.8) is 0 Å². The monoisotopic (exact) mass is 445 g/mol. The highest BCUT2D eigenvalue weighted by Crippen LogP contribution is 2.39. The van der Waals surface area contributed by atoms with Crippen LogP contribution >= 0.6 is 11.3 Å². The maximum atomic E-state index is 12.9.